The summed E-state index contributed by atoms with van der Waals surface area (Å²) in [5.74, 6) is 0.0601. The molecule has 0 aliphatic carbocycles. The highest BCUT2D eigenvalue weighted by atomic mass is 19.1. The van der Waals surface area contributed by atoms with Gasteiger partial charge in [0, 0.05) is 18.5 Å². The first-order chi connectivity index (χ1) is 9.70. The summed E-state index contributed by atoms with van der Waals surface area (Å²) in [4.78, 5) is 4.05. The summed E-state index contributed by atoms with van der Waals surface area (Å²) in [6.07, 6.45) is 3.92. The number of nitrogens with zero attached hydrogens (tertiary/aromatic N) is 2. The molecule has 0 amide bonds. The molecule has 102 valence electrons. The second-order valence-corrected chi connectivity index (χ2v) is 4.54. The van der Waals surface area contributed by atoms with E-state index in [4.69, 9.17) is 4.74 Å². The highest BCUT2D eigenvalue weighted by Gasteiger charge is 2.31. The molecule has 1 heterocycles. The molecule has 1 unspecified atom stereocenters. The largest absolute Gasteiger partial charge is 0.491 e. The van der Waals surface area contributed by atoms with Crippen molar-refractivity contribution in [3.05, 3.63) is 60.2 Å². The maximum absolute atomic E-state index is 13.1. The van der Waals surface area contributed by atoms with Gasteiger partial charge in [-0.25, -0.2) is 4.39 Å². The molecule has 0 N–H and O–H groups in total. The summed E-state index contributed by atoms with van der Waals surface area (Å²) in [5.41, 5.74) is 0.0296. The Morgan fingerprint density at radius 1 is 1.35 bits per heavy atom. The van der Waals surface area contributed by atoms with Crippen molar-refractivity contribution in [2.75, 3.05) is 6.61 Å². The van der Waals surface area contributed by atoms with E-state index in [9.17, 15) is 9.65 Å². The first kappa shape index (κ1) is 14.0. The minimum Gasteiger partial charge on any atom is -0.491 e. The zero-order valence-corrected chi connectivity index (χ0v) is 11.2. The molecule has 1 aromatic heterocycles. The van der Waals surface area contributed by atoms with Crippen LogP contribution in [0.5, 0.6) is 5.75 Å². The van der Waals surface area contributed by atoms with Gasteiger partial charge in [-0.3, -0.25) is 4.98 Å². The standard InChI is InChI=1S/C16H15FN2O/c1-2-16(11-18,13-5-4-8-19-10-13)12-20-15-7-3-6-14(17)9-15/h3-10H,2,12H2,1H3. The lowest BCUT2D eigenvalue weighted by Crippen LogP contribution is -2.31. The molecule has 2 aromatic rings. The molecule has 1 aromatic carbocycles. The zero-order valence-electron chi connectivity index (χ0n) is 11.2. The number of hydrogen-bond acceptors (Lipinski definition) is 3. The first-order valence-corrected chi connectivity index (χ1v) is 6.40. The molecule has 0 aliphatic rings. The van der Waals surface area contributed by atoms with Gasteiger partial charge in [0.25, 0.3) is 0 Å². The van der Waals surface area contributed by atoms with Crippen LogP contribution in [0.3, 0.4) is 0 Å². The summed E-state index contributed by atoms with van der Waals surface area (Å²) in [6, 6.07) is 11.9. The number of pyridine rings is 1. The second-order valence-electron chi connectivity index (χ2n) is 4.54. The summed E-state index contributed by atoms with van der Waals surface area (Å²) in [5, 5.41) is 9.53. The van der Waals surface area contributed by atoms with E-state index in [-0.39, 0.29) is 12.4 Å². The van der Waals surface area contributed by atoms with E-state index in [1.54, 1.807) is 30.6 Å². The molecular formula is C16H15FN2O. The van der Waals surface area contributed by atoms with Gasteiger partial charge < -0.3 is 4.74 Å². The van der Waals surface area contributed by atoms with Crippen molar-refractivity contribution in [3.63, 3.8) is 0 Å². The second kappa shape index (κ2) is 6.16. The van der Waals surface area contributed by atoms with Crippen molar-refractivity contribution < 1.29 is 9.13 Å². The lowest BCUT2D eigenvalue weighted by atomic mass is 9.81. The van der Waals surface area contributed by atoms with Gasteiger partial charge in [0.1, 0.15) is 23.6 Å². The van der Waals surface area contributed by atoms with Crippen molar-refractivity contribution in [1.29, 1.82) is 5.26 Å². The number of nitriles is 1. The van der Waals surface area contributed by atoms with Crippen LogP contribution in [0.4, 0.5) is 4.39 Å². The quantitative estimate of drug-likeness (QED) is 0.835. The molecule has 0 saturated heterocycles. The van der Waals surface area contributed by atoms with Gasteiger partial charge in [0.05, 0.1) is 6.07 Å². The fourth-order valence-electron chi connectivity index (χ4n) is 1.97. The lowest BCUT2D eigenvalue weighted by molar-refractivity contribution is 0.246. The Bertz CT molecular complexity index is 609. The monoisotopic (exact) mass is 270 g/mol. The van der Waals surface area contributed by atoms with Gasteiger partial charge in [0.15, 0.2) is 0 Å². The number of benzene rings is 1. The van der Waals surface area contributed by atoms with Crippen LogP contribution in [0, 0.1) is 17.1 Å². The third kappa shape index (κ3) is 2.94. The van der Waals surface area contributed by atoms with Crippen LogP contribution in [0.25, 0.3) is 0 Å². The molecule has 0 aliphatic heterocycles. The van der Waals surface area contributed by atoms with Gasteiger partial charge >= 0.3 is 0 Å². The summed E-state index contributed by atoms with van der Waals surface area (Å²) < 4.78 is 18.7. The summed E-state index contributed by atoms with van der Waals surface area (Å²) in [7, 11) is 0. The van der Waals surface area contributed by atoms with Crippen molar-refractivity contribution in [3.8, 4) is 11.8 Å². The number of ether oxygens (including phenoxy) is 1. The third-order valence-corrected chi connectivity index (χ3v) is 3.31. The Labute approximate surface area is 117 Å². The smallest absolute Gasteiger partial charge is 0.126 e. The van der Waals surface area contributed by atoms with Gasteiger partial charge in [-0.05, 0) is 30.2 Å². The Balaban J connectivity index is 2.21. The molecule has 0 saturated carbocycles. The Morgan fingerprint density at radius 2 is 2.20 bits per heavy atom. The van der Waals surface area contributed by atoms with E-state index in [2.05, 4.69) is 11.1 Å². The minimum atomic E-state index is -0.777. The number of hydrogen-bond donors (Lipinski definition) is 0. The van der Waals surface area contributed by atoms with Crippen LogP contribution in [-0.2, 0) is 5.41 Å². The molecule has 2 rings (SSSR count). The van der Waals surface area contributed by atoms with Gasteiger partial charge in [-0.15, -0.1) is 0 Å². The molecular weight excluding hydrogens is 255 g/mol. The summed E-state index contributed by atoms with van der Waals surface area (Å²) in [6.45, 7) is 2.08. The van der Waals surface area contributed by atoms with Crippen LogP contribution < -0.4 is 4.74 Å². The van der Waals surface area contributed by atoms with Crippen LogP contribution >= 0.6 is 0 Å². The number of halogens is 1. The molecule has 0 spiro atoms. The van der Waals surface area contributed by atoms with Crippen LogP contribution in [0.15, 0.2) is 48.8 Å². The average Bonchev–Trinajstić information content (AvgIpc) is 2.50. The maximum Gasteiger partial charge on any atom is 0.126 e. The van der Waals surface area contributed by atoms with E-state index in [0.29, 0.717) is 12.2 Å². The summed E-state index contributed by atoms with van der Waals surface area (Å²) >= 11 is 0. The van der Waals surface area contributed by atoms with Crippen molar-refractivity contribution >= 4 is 0 Å². The minimum absolute atomic E-state index is 0.162. The predicted molar refractivity (Wildman–Crippen MR) is 73.7 cm³/mol. The van der Waals surface area contributed by atoms with E-state index < -0.39 is 5.41 Å². The predicted octanol–water partition coefficient (Wildman–Crippen LogP) is 3.47. The van der Waals surface area contributed by atoms with Crippen LogP contribution in [0.1, 0.15) is 18.9 Å². The molecule has 0 fully saturated rings. The van der Waals surface area contributed by atoms with Crippen LogP contribution in [0.2, 0.25) is 0 Å². The number of rotatable bonds is 5. The first-order valence-electron chi connectivity index (χ1n) is 6.40. The molecule has 0 bridgehead atoms. The average molecular weight is 270 g/mol. The van der Waals surface area contributed by atoms with Crippen LogP contribution in [-0.4, -0.2) is 11.6 Å². The Morgan fingerprint density at radius 3 is 2.80 bits per heavy atom. The molecule has 0 radical (unpaired) electrons. The number of aromatic nitrogens is 1. The molecule has 1 atom stereocenters. The Hall–Kier alpha value is -2.41. The fourth-order valence-corrected chi connectivity index (χ4v) is 1.97. The van der Waals surface area contributed by atoms with Crippen molar-refractivity contribution in [1.82, 2.24) is 4.98 Å². The van der Waals surface area contributed by atoms with Crippen molar-refractivity contribution in [2.24, 2.45) is 0 Å². The SMILES string of the molecule is CCC(C#N)(COc1cccc(F)c1)c1cccnc1. The maximum atomic E-state index is 13.1. The van der Waals surface area contributed by atoms with E-state index >= 15 is 0 Å². The van der Waals surface area contributed by atoms with Gasteiger partial charge in [-0.1, -0.05) is 19.1 Å². The Kier molecular flexibility index (Phi) is 4.31. The van der Waals surface area contributed by atoms with E-state index in [0.717, 1.165) is 5.56 Å². The zero-order chi connectivity index (χ0) is 14.4. The lowest BCUT2D eigenvalue weighted by Gasteiger charge is -2.25. The van der Waals surface area contributed by atoms with Crippen molar-refractivity contribution in [2.45, 2.75) is 18.8 Å². The third-order valence-electron chi connectivity index (χ3n) is 3.31. The fraction of sp³-hybridized carbons (Fsp3) is 0.250. The molecule has 4 heteroatoms. The molecule has 20 heavy (non-hydrogen) atoms. The topological polar surface area (TPSA) is 45.9 Å². The highest BCUT2D eigenvalue weighted by molar-refractivity contribution is 5.31. The van der Waals surface area contributed by atoms with E-state index in [1.807, 2.05) is 13.0 Å². The highest BCUT2D eigenvalue weighted by Crippen LogP contribution is 2.28. The van der Waals surface area contributed by atoms with Gasteiger partial charge in [0.2, 0.25) is 0 Å². The normalized spacial score (nSPS) is 13.2. The van der Waals surface area contributed by atoms with E-state index in [1.165, 1.54) is 12.1 Å². The molecule has 3 nitrogen and oxygen atoms in total. The van der Waals surface area contributed by atoms with Gasteiger partial charge in [-0.2, -0.15) is 5.26 Å².